The first-order valence-electron chi connectivity index (χ1n) is 4.81. The Morgan fingerprint density at radius 1 is 1.06 bits per heavy atom. The maximum Gasteiger partial charge on any atom is 0.165 e. The van der Waals surface area contributed by atoms with E-state index in [9.17, 15) is 0 Å². The number of hydrogen-bond acceptors (Lipinski definition) is 4. The highest BCUT2D eigenvalue weighted by molar-refractivity contribution is 6.31. The molecule has 2 rings (SSSR count). The van der Waals surface area contributed by atoms with Gasteiger partial charge in [0.1, 0.15) is 11.6 Å². The second kappa shape index (κ2) is 4.06. The number of nitrogens with two attached hydrogens (primary N) is 1. The molecule has 0 spiro atoms. The Balaban J connectivity index is 2.58. The summed E-state index contributed by atoms with van der Waals surface area (Å²) in [7, 11) is 0. The Hall–Kier alpha value is -1.68. The SMILES string of the molecule is Cc1nc(C)nc(-c2ccc(Cl)cc2N)n1. The Morgan fingerprint density at radius 3 is 2.25 bits per heavy atom. The van der Waals surface area contributed by atoms with E-state index < -0.39 is 0 Å². The van der Waals surface area contributed by atoms with E-state index in [1.54, 1.807) is 12.1 Å². The predicted octanol–water partition coefficient (Wildman–Crippen LogP) is 2.39. The molecule has 82 valence electrons. The highest BCUT2D eigenvalue weighted by Gasteiger charge is 2.07. The second-order valence-corrected chi connectivity index (χ2v) is 3.92. The largest absolute Gasteiger partial charge is 0.398 e. The summed E-state index contributed by atoms with van der Waals surface area (Å²) >= 11 is 5.83. The molecule has 4 nitrogen and oxygen atoms in total. The fourth-order valence-corrected chi connectivity index (χ4v) is 1.65. The van der Waals surface area contributed by atoms with Gasteiger partial charge in [-0.2, -0.15) is 0 Å². The molecule has 2 N–H and O–H groups in total. The molecule has 0 aliphatic rings. The molecule has 0 bridgehead atoms. The van der Waals surface area contributed by atoms with Crippen LogP contribution in [0.1, 0.15) is 11.6 Å². The van der Waals surface area contributed by atoms with Crippen LogP contribution in [0.2, 0.25) is 5.02 Å². The molecule has 0 aliphatic carbocycles. The molecule has 0 saturated carbocycles. The molecule has 0 atom stereocenters. The first kappa shape index (κ1) is 10.8. The van der Waals surface area contributed by atoms with Crippen molar-refractivity contribution in [1.29, 1.82) is 0 Å². The van der Waals surface area contributed by atoms with Gasteiger partial charge in [0.15, 0.2) is 5.82 Å². The summed E-state index contributed by atoms with van der Waals surface area (Å²) in [5.41, 5.74) is 7.21. The number of benzene rings is 1. The van der Waals surface area contributed by atoms with Crippen LogP contribution in [-0.4, -0.2) is 15.0 Å². The van der Waals surface area contributed by atoms with Gasteiger partial charge in [0, 0.05) is 16.3 Å². The Morgan fingerprint density at radius 2 is 1.69 bits per heavy atom. The van der Waals surface area contributed by atoms with Crippen molar-refractivity contribution in [2.75, 3.05) is 5.73 Å². The van der Waals surface area contributed by atoms with E-state index in [4.69, 9.17) is 17.3 Å². The van der Waals surface area contributed by atoms with E-state index in [1.807, 2.05) is 19.9 Å². The zero-order valence-electron chi connectivity index (χ0n) is 9.03. The Labute approximate surface area is 98.5 Å². The number of rotatable bonds is 1. The van der Waals surface area contributed by atoms with Crippen molar-refractivity contribution in [3.63, 3.8) is 0 Å². The lowest BCUT2D eigenvalue weighted by Gasteiger charge is -2.05. The molecule has 0 unspecified atom stereocenters. The van der Waals surface area contributed by atoms with Gasteiger partial charge in [-0.15, -0.1) is 0 Å². The van der Waals surface area contributed by atoms with Crippen molar-refractivity contribution in [1.82, 2.24) is 15.0 Å². The topological polar surface area (TPSA) is 64.7 Å². The van der Waals surface area contributed by atoms with Crippen molar-refractivity contribution in [2.45, 2.75) is 13.8 Å². The molecule has 2 aromatic rings. The molecule has 0 saturated heterocycles. The van der Waals surface area contributed by atoms with Gasteiger partial charge in [0.05, 0.1) is 0 Å². The standard InChI is InChI=1S/C11H11ClN4/c1-6-14-7(2)16-11(15-6)9-4-3-8(12)5-10(9)13/h3-5H,13H2,1-2H3. The lowest BCUT2D eigenvalue weighted by Crippen LogP contribution is -2.00. The third-order valence-corrected chi connectivity index (χ3v) is 2.35. The van der Waals surface area contributed by atoms with Gasteiger partial charge in [0.25, 0.3) is 0 Å². The molecule has 16 heavy (non-hydrogen) atoms. The van der Waals surface area contributed by atoms with E-state index >= 15 is 0 Å². The number of aryl methyl sites for hydroxylation is 2. The number of halogens is 1. The van der Waals surface area contributed by atoms with Gasteiger partial charge in [-0.3, -0.25) is 0 Å². The number of nitrogens with zero attached hydrogens (tertiary/aromatic N) is 3. The normalized spacial score (nSPS) is 10.4. The van der Waals surface area contributed by atoms with Crippen LogP contribution in [0.25, 0.3) is 11.4 Å². The van der Waals surface area contributed by atoms with Gasteiger partial charge in [0.2, 0.25) is 0 Å². The van der Waals surface area contributed by atoms with Gasteiger partial charge in [-0.25, -0.2) is 15.0 Å². The van der Waals surface area contributed by atoms with E-state index in [0.29, 0.717) is 28.2 Å². The Bertz CT molecular complexity index is 519. The molecule has 1 aromatic heterocycles. The Kier molecular flexibility index (Phi) is 2.75. The minimum atomic E-state index is 0.567. The summed E-state index contributed by atoms with van der Waals surface area (Å²) in [5, 5.41) is 0.601. The number of anilines is 1. The molecular formula is C11H11ClN4. The summed E-state index contributed by atoms with van der Waals surface area (Å²) in [6.45, 7) is 3.65. The quantitative estimate of drug-likeness (QED) is 0.770. The van der Waals surface area contributed by atoms with Gasteiger partial charge >= 0.3 is 0 Å². The third kappa shape index (κ3) is 2.12. The maximum atomic E-state index is 5.87. The fraction of sp³-hybridized carbons (Fsp3) is 0.182. The van der Waals surface area contributed by atoms with E-state index in [0.717, 1.165) is 5.56 Å². The molecule has 5 heteroatoms. The molecule has 1 aromatic carbocycles. The molecule has 0 aliphatic heterocycles. The van der Waals surface area contributed by atoms with Crippen LogP contribution in [0.5, 0.6) is 0 Å². The van der Waals surface area contributed by atoms with Crippen LogP contribution >= 0.6 is 11.6 Å². The van der Waals surface area contributed by atoms with Crippen LogP contribution in [0.4, 0.5) is 5.69 Å². The lowest BCUT2D eigenvalue weighted by molar-refractivity contribution is 0.929. The smallest absolute Gasteiger partial charge is 0.165 e. The number of aromatic nitrogens is 3. The van der Waals surface area contributed by atoms with E-state index in [2.05, 4.69) is 15.0 Å². The van der Waals surface area contributed by atoms with Crippen molar-refractivity contribution in [3.05, 3.63) is 34.9 Å². The maximum absolute atomic E-state index is 5.87. The number of nitrogen functional groups attached to an aromatic ring is 1. The molecule has 0 amide bonds. The van der Waals surface area contributed by atoms with Crippen molar-refractivity contribution in [3.8, 4) is 11.4 Å². The highest BCUT2D eigenvalue weighted by Crippen LogP contribution is 2.25. The van der Waals surface area contributed by atoms with Crippen LogP contribution in [-0.2, 0) is 0 Å². The molecule has 0 radical (unpaired) electrons. The van der Waals surface area contributed by atoms with Gasteiger partial charge in [-0.05, 0) is 32.0 Å². The fourth-order valence-electron chi connectivity index (χ4n) is 1.47. The van der Waals surface area contributed by atoms with E-state index in [1.165, 1.54) is 0 Å². The van der Waals surface area contributed by atoms with Crippen LogP contribution in [0, 0.1) is 13.8 Å². The monoisotopic (exact) mass is 234 g/mol. The molecule has 0 fully saturated rings. The van der Waals surface area contributed by atoms with E-state index in [-0.39, 0.29) is 0 Å². The van der Waals surface area contributed by atoms with Crippen molar-refractivity contribution in [2.24, 2.45) is 0 Å². The average Bonchev–Trinajstić information content (AvgIpc) is 2.15. The lowest BCUT2D eigenvalue weighted by atomic mass is 10.1. The summed E-state index contributed by atoms with van der Waals surface area (Å²) in [6, 6.07) is 5.26. The van der Waals surface area contributed by atoms with Crippen LogP contribution in [0.3, 0.4) is 0 Å². The first-order chi connectivity index (χ1) is 7.56. The summed E-state index contributed by atoms with van der Waals surface area (Å²) < 4.78 is 0. The highest BCUT2D eigenvalue weighted by atomic mass is 35.5. The first-order valence-corrected chi connectivity index (χ1v) is 5.19. The predicted molar refractivity (Wildman–Crippen MR) is 64.2 cm³/mol. The average molecular weight is 235 g/mol. The van der Waals surface area contributed by atoms with Crippen LogP contribution < -0.4 is 5.73 Å². The minimum absolute atomic E-state index is 0.567. The van der Waals surface area contributed by atoms with Gasteiger partial charge in [-0.1, -0.05) is 11.6 Å². The summed E-state index contributed by atoms with van der Waals surface area (Å²) in [5.74, 6) is 1.94. The third-order valence-electron chi connectivity index (χ3n) is 2.11. The molecular weight excluding hydrogens is 224 g/mol. The van der Waals surface area contributed by atoms with Gasteiger partial charge < -0.3 is 5.73 Å². The zero-order valence-corrected chi connectivity index (χ0v) is 9.78. The summed E-state index contributed by atoms with van der Waals surface area (Å²) in [6.07, 6.45) is 0. The van der Waals surface area contributed by atoms with Crippen LogP contribution in [0.15, 0.2) is 18.2 Å². The number of hydrogen-bond donors (Lipinski definition) is 1. The van der Waals surface area contributed by atoms with Crippen molar-refractivity contribution < 1.29 is 0 Å². The second-order valence-electron chi connectivity index (χ2n) is 3.49. The molecule has 1 heterocycles. The van der Waals surface area contributed by atoms with Crippen molar-refractivity contribution >= 4 is 17.3 Å². The summed E-state index contributed by atoms with van der Waals surface area (Å²) in [4.78, 5) is 12.6. The minimum Gasteiger partial charge on any atom is -0.398 e. The zero-order chi connectivity index (χ0) is 11.7.